The highest BCUT2D eigenvalue weighted by molar-refractivity contribution is 5.97. The number of carboxylic acid groups (broad SMARTS) is 1. The number of hydrogen-bond acceptors (Lipinski definition) is 3. The van der Waals surface area contributed by atoms with E-state index in [1.165, 1.54) is 0 Å². The minimum atomic E-state index is -0.972. The maximum atomic E-state index is 12.4. The number of benzene rings is 2. The van der Waals surface area contributed by atoms with Gasteiger partial charge < -0.3 is 10.0 Å². The molecule has 0 radical (unpaired) electrons. The van der Waals surface area contributed by atoms with Crippen molar-refractivity contribution in [2.24, 2.45) is 0 Å². The molecule has 25 heavy (non-hydrogen) atoms. The van der Waals surface area contributed by atoms with E-state index in [9.17, 15) is 14.4 Å². The number of amides is 1. The van der Waals surface area contributed by atoms with Gasteiger partial charge in [-0.15, -0.1) is 0 Å². The summed E-state index contributed by atoms with van der Waals surface area (Å²) in [5.41, 5.74) is 2.79. The van der Waals surface area contributed by atoms with Gasteiger partial charge in [0.05, 0.1) is 5.56 Å². The van der Waals surface area contributed by atoms with Crippen molar-refractivity contribution >= 4 is 17.7 Å². The number of Topliss-reactive ketones (excluding diaryl/α,β-unsaturated/α-hetero) is 1. The van der Waals surface area contributed by atoms with Gasteiger partial charge in [-0.1, -0.05) is 36.4 Å². The van der Waals surface area contributed by atoms with Gasteiger partial charge in [-0.05, 0) is 29.7 Å². The largest absolute Gasteiger partial charge is 0.478 e. The van der Waals surface area contributed by atoms with E-state index in [-0.39, 0.29) is 30.1 Å². The summed E-state index contributed by atoms with van der Waals surface area (Å²) in [5.74, 6) is -1.09. The first kappa shape index (κ1) is 16.9. The molecule has 1 heterocycles. The predicted octanol–water partition coefficient (Wildman–Crippen LogP) is 2.93. The standard InChI is InChI=1S/C20H19NO4/c22-18(15-4-2-1-3-5-15)8-9-19(23)21-11-10-14-6-7-16(20(24)25)12-17(14)13-21/h1-7,12H,8-11,13H2,(H,24,25). The number of rotatable bonds is 5. The van der Waals surface area contributed by atoms with Crippen molar-refractivity contribution in [3.63, 3.8) is 0 Å². The van der Waals surface area contributed by atoms with E-state index in [0.717, 1.165) is 11.1 Å². The van der Waals surface area contributed by atoms with Crippen LogP contribution in [0.3, 0.4) is 0 Å². The van der Waals surface area contributed by atoms with Crippen LogP contribution in [0, 0.1) is 0 Å². The fourth-order valence-corrected chi connectivity index (χ4v) is 3.05. The van der Waals surface area contributed by atoms with Gasteiger partial charge in [-0.2, -0.15) is 0 Å². The maximum absolute atomic E-state index is 12.4. The first-order valence-corrected chi connectivity index (χ1v) is 8.25. The van der Waals surface area contributed by atoms with Gasteiger partial charge in [0.2, 0.25) is 5.91 Å². The van der Waals surface area contributed by atoms with Crippen molar-refractivity contribution in [2.45, 2.75) is 25.8 Å². The molecule has 1 aliphatic rings. The van der Waals surface area contributed by atoms with Crippen LogP contribution in [0.1, 0.15) is 44.7 Å². The fraction of sp³-hybridized carbons (Fsp3) is 0.250. The topological polar surface area (TPSA) is 74.7 Å². The van der Waals surface area contributed by atoms with Crippen LogP contribution in [0.5, 0.6) is 0 Å². The van der Waals surface area contributed by atoms with E-state index in [1.807, 2.05) is 12.1 Å². The summed E-state index contributed by atoms with van der Waals surface area (Å²) in [5, 5.41) is 9.10. The number of fused-ring (bicyclic) bond motifs is 1. The average molecular weight is 337 g/mol. The summed E-state index contributed by atoms with van der Waals surface area (Å²) in [6.07, 6.45) is 1.05. The van der Waals surface area contributed by atoms with E-state index < -0.39 is 5.97 Å². The molecule has 2 aromatic carbocycles. The predicted molar refractivity (Wildman–Crippen MR) is 92.5 cm³/mol. The van der Waals surface area contributed by atoms with Crippen molar-refractivity contribution in [3.8, 4) is 0 Å². The van der Waals surface area contributed by atoms with Crippen LogP contribution >= 0.6 is 0 Å². The van der Waals surface area contributed by atoms with E-state index in [4.69, 9.17) is 5.11 Å². The fourth-order valence-electron chi connectivity index (χ4n) is 3.05. The van der Waals surface area contributed by atoms with Crippen LogP contribution < -0.4 is 0 Å². The van der Waals surface area contributed by atoms with Crippen molar-refractivity contribution < 1.29 is 19.5 Å². The Hall–Kier alpha value is -2.95. The van der Waals surface area contributed by atoms with Crippen LogP contribution in [0.2, 0.25) is 0 Å². The molecule has 3 rings (SSSR count). The molecule has 5 heteroatoms. The molecule has 0 fully saturated rings. The molecule has 0 saturated carbocycles. The highest BCUT2D eigenvalue weighted by Crippen LogP contribution is 2.21. The van der Waals surface area contributed by atoms with Crippen molar-refractivity contribution in [2.75, 3.05) is 6.54 Å². The van der Waals surface area contributed by atoms with Crippen LogP contribution in [0.25, 0.3) is 0 Å². The Kier molecular flexibility index (Phi) is 4.93. The maximum Gasteiger partial charge on any atom is 0.335 e. The van der Waals surface area contributed by atoms with Gasteiger partial charge in [0.1, 0.15) is 0 Å². The van der Waals surface area contributed by atoms with Crippen LogP contribution in [-0.4, -0.2) is 34.2 Å². The Morgan fingerprint density at radius 3 is 2.40 bits per heavy atom. The smallest absolute Gasteiger partial charge is 0.335 e. The zero-order chi connectivity index (χ0) is 17.8. The third-order valence-corrected chi connectivity index (χ3v) is 4.48. The quantitative estimate of drug-likeness (QED) is 0.851. The van der Waals surface area contributed by atoms with E-state index in [1.54, 1.807) is 41.3 Å². The lowest BCUT2D eigenvalue weighted by atomic mass is 9.97. The summed E-state index contributed by atoms with van der Waals surface area (Å²) in [6, 6.07) is 14.0. The average Bonchev–Trinajstić information content (AvgIpc) is 2.65. The van der Waals surface area contributed by atoms with E-state index >= 15 is 0 Å². The molecular weight excluding hydrogens is 318 g/mol. The Morgan fingerprint density at radius 2 is 1.68 bits per heavy atom. The number of nitrogens with zero attached hydrogens (tertiary/aromatic N) is 1. The van der Waals surface area contributed by atoms with Crippen molar-refractivity contribution in [1.82, 2.24) is 4.90 Å². The number of aromatic carboxylic acids is 1. The number of ketones is 1. The molecule has 0 atom stereocenters. The summed E-state index contributed by atoms with van der Waals surface area (Å²) in [6.45, 7) is 0.993. The van der Waals surface area contributed by atoms with E-state index in [2.05, 4.69) is 0 Å². The second-order valence-corrected chi connectivity index (χ2v) is 6.14. The summed E-state index contributed by atoms with van der Waals surface area (Å²) in [7, 11) is 0. The summed E-state index contributed by atoms with van der Waals surface area (Å²) in [4.78, 5) is 37.3. The number of carboxylic acids is 1. The molecule has 0 aliphatic carbocycles. The van der Waals surface area contributed by atoms with Crippen molar-refractivity contribution in [1.29, 1.82) is 0 Å². The van der Waals surface area contributed by atoms with Crippen LogP contribution in [-0.2, 0) is 17.8 Å². The zero-order valence-electron chi connectivity index (χ0n) is 13.8. The SMILES string of the molecule is O=C(O)c1ccc2c(c1)CN(C(=O)CCC(=O)c1ccccc1)CC2. The molecule has 1 N–H and O–H groups in total. The second-order valence-electron chi connectivity index (χ2n) is 6.14. The number of carbonyl (C=O) groups excluding carboxylic acids is 2. The lowest BCUT2D eigenvalue weighted by molar-refractivity contribution is -0.132. The molecule has 0 saturated heterocycles. The molecule has 2 aromatic rings. The highest BCUT2D eigenvalue weighted by atomic mass is 16.4. The van der Waals surface area contributed by atoms with Crippen LogP contribution in [0.4, 0.5) is 0 Å². The Labute approximate surface area is 145 Å². The van der Waals surface area contributed by atoms with E-state index in [0.29, 0.717) is 25.1 Å². The molecule has 5 nitrogen and oxygen atoms in total. The van der Waals surface area contributed by atoms with Gasteiger partial charge >= 0.3 is 5.97 Å². The molecular formula is C20H19NO4. The molecule has 0 unspecified atom stereocenters. The Bertz CT molecular complexity index is 814. The first-order valence-electron chi connectivity index (χ1n) is 8.25. The van der Waals surface area contributed by atoms with Gasteiger partial charge in [0, 0.05) is 31.5 Å². The summed E-state index contributed by atoms with van der Waals surface area (Å²) < 4.78 is 0. The lowest BCUT2D eigenvalue weighted by Gasteiger charge is -2.29. The highest BCUT2D eigenvalue weighted by Gasteiger charge is 2.22. The van der Waals surface area contributed by atoms with Gasteiger partial charge in [-0.25, -0.2) is 4.79 Å². The monoisotopic (exact) mass is 337 g/mol. The van der Waals surface area contributed by atoms with Gasteiger partial charge in [0.15, 0.2) is 5.78 Å². The first-order chi connectivity index (χ1) is 12.0. The number of hydrogen-bond donors (Lipinski definition) is 1. The minimum absolute atomic E-state index is 0.0421. The Morgan fingerprint density at radius 1 is 0.920 bits per heavy atom. The normalized spacial score (nSPS) is 13.2. The molecule has 128 valence electrons. The van der Waals surface area contributed by atoms with Crippen LogP contribution in [0.15, 0.2) is 48.5 Å². The second kappa shape index (κ2) is 7.30. The molecule has 0 spiro atoms. The van der Waals surface area contributed by atoms with Gasteiger partial charge in [0.25, 0.3) is 0 Å². The molecule has 0 aromatic heterocycles. The zero-order valence-corrected chi connectivity index (χ0v) is 13.8. The molecule has 1 amide bonds. The lowest BCUT2D eigenvalue weighted by Crippen LogP contribution is -2.36. The minimum Gasteiger partial charge on any atom is -0.478 e. The van der Waals surface area contributed by atoms with Gasteiger partial charge in [-0.3, -0.25) is 9.59 Å². The number of carbonyl (C=O) groups is 3. The Balaban J connectivity index is 1.61. The third-order valence-electron chi connectivity index (χ3n) is 4.48. The van der Waals surface area contributed by atoms with Crippen molar-refractivity contribution in [3.05, 3.63) is 70.8 Å². The third kappa shape index (κ3) is 3.94. The summed E-state index contributed by atoms with van der Waals surface area (Å²) >= 11 is 0. The molecule has 0 bridgehead atoms. The molecule has 1 aliphatic heterocycles.